The Morgan fingerprint density at radius 2 is 2.00 bits per heavy atom. The molecule has 0 bridgehead atoms. The van der Waals surface area contributed by atoms with Crippen molar-refractivity contribution in [2.75, 3.05) is 5.73 Å². The number of hydrogen-bond acceptors (Lipinski definition) is 5. The zero-order chi connectivity index (χ0) is 17.2. The maximum absolute atomic E-state index is 12.6. The molecule has 0 saturated heterocycles. The molecule has 3 heterocycles. The number of nitrogen functional groups attached to an aromatic ring is 1. The highest BCUT2D eigenvalue weighted by molar-refractivity contribution is 7.15. The number of anilines is 1. The first kappa shape index (κ1) is 15.3. The van der Waals surface area contributed by atoms with Crippen LogP contribution in [0.3, 0.4) is 0 Å². The summed E-state index contributed by atoms with van der Waals surface area (Å²) in [5.74, 6) is 0. The van der Waals surface area contributed by atoms with Gasteiger partial charge < -0.3 is 5.73 Å². The predicted molar refractivity (Wildman–Crippen MR) is 102 cm³/mol. The van der Waals surface area contributed by atoms with Crippen LogP contribution in [0.1, 0.15) is 11.3 Å². The van der Waals surface area contributed by atoms with E-state index in [9.17, 15) is 4.79 Å². The van der Waals surface area contributed by atoms with Gasteiger partial charge in [-0.05, 0) is 23.8 Å². The lowest BCUT2D eigenvalue weighted by Crippen LogP contribution is -2.14. The molecular weight excluding hydrogens is 332 g/mol. The quantitative estimate of drug-likeness (QED) is 0.576. The molecule has 6 heteroatoms. The van der Waals surface area contributed by atoms with Crippen LogP contribution < -0.4 is 11.3 Å². The van der Waals surface area contributed by atoms with Crippen LogP contribution in [0.4, 0.5) is 5.69 Å². The SMILES string of the molecule is Nc1ccccc1-c1csc2nc(C=Cc3cccnc3)cc(=O)n12. The first-order valence-corrected chi connectivity index (χ1v) is 8.54. The van der Waals surface area contributed by atoms with Gasteiger partial charge in [0.15, 0.2) is 4.96 Å². The Morgan fingerprint density at radius 1 is 1.12 bits per heavy atom. The zero-order valence-corrected chi connectivity index (χ0v) is 14.0. The number of nitrogens with zero attached hydrogens (tertiary/aromatic N) is 3. The molecule has 0 aliphatic rings. The van der Waals surface area contributed by atoms with Crippen LogP contribution in [-0.4, -0.2) is 14.4 Å². The molecular formula is C19H14N4OS. The molecule has 2 N–H and O–H groups in total. The molecule has 0 fully saturated rings. The van der Waals surface area contributed by atoms with Gasteiger partial charge in [-0.3, -0.25) is 14.2 Å². The Bertz CT molecular complexity index is 1130. The van der Waals surface area contributed by atoms with E-state index in [0.717, 1.165) is 16.8 Å². The summed E-state index contributed by atoms with van der Waals surface area (Å²) in [5, 5.41) is 1.91. The average Bonchev–Trinajstić information content (AvgIpc) is 3.06. The molecule has 0 aliphatic heterocycles. The zero-order valence-electron chi connectivity index (χ0n) is 13.2. The van der Waals surface area contributed by atoms with Crippen LogP contribution in [0, 0.1) is 0 Å². The molecule has 4 rings (SSSR count). The van der Waals surface area contributed by atoms with Crippen LogP contribution >= 0.6 is 11.3 Å². The van der Waals surface area contributed by atoms with Gasteiger partial charge in [-0.25, -0.2) is 4.98 Å². The largest absolute Gasteiger partial charge is 0.398 e. The number of pyridine rings is 1. The maximum Gasteiger partial charge on any atom is 0.259 e. The minimum absolute atomic E-state index is 0.129. The molecule has 5 nitrogen and oxygen atoms in total. The van der Waals surface area contributed by atoms with Crippen molar-refractivity contribution in [1.82, 2.24) is 14.4 Å². The van der Waals surface area contributed by atoms with Gasteiger partial charge in [0.2, 0.25) is 0 Å². The fourth-order valence-corrected chi connectivity index (χ4v) is 3.50. The van der Waals surface area contributed by atoms with E-state index in [0.29, 0.717) is 16.3 Å². The van der Waals surface area contributed by atoms with Gasteiger partial charge in [0.05, 0.1) is 11.4 Å². The van der Waals surface area contributed by atoms with Gasteiger partial charge in [-0.2, -0.15) is 0 Å². The van der Waals surface area contributed by atoms with E-state index in [2.05, 4.69) is 9.97 Å². The Labute approximate surface area is 147 Å². The first-order valence-electron chi connectivity index (χ1n) is 7.67. The van der Waals surface area contributed by atoms with Gasteiger partial charge in [0.1, 0.15) is 0 Å². The molecule has 1 aromatic carbocycles. The molecule has 122 valence electrons. The third-order valence-corrected chi connectivity index (χ3v) is 4.62. The van der Waals surface area contributed by atoms with Crippen molar-refractivity contribution in [2.45, 2.75) is 0 Å². The van der Waals surface area contributed by atoms with Gasteiger partial charge in [0.25, 0.3) is 5.56 Å². The van der Waals surface area contributed by atoms with E-state index in [1.54, 1.807) is 16.8 Å². The van der Waals surface area contributed by atoms with Crippen LogP contribution in [0.2, 0.25) is 0 Å². The summed E-state index contributed by atoms with van der Waals surface area (Å²) in [6, 6.07) is 12.8. The topological polar surface area (TPSA) is 73.3 Å². The molecule has 25 heavy (non-hydrogen) atoms. The normalized spacial score (nSPS) is 11.4. The van der Waals surface area contributed by atoms with Gasteiger partial charge in [-0.1, -0.05) is 30.3 Å². The van der Waals surface area contributed by atoms with Crippen molar-refractivity contribution >= 4 is 34.1 Å². The second-order valence-corrected chi connectivity index (χ2v) is 6.30. The van der Waals surface area contributed by atoms with Crippen molar-refractivity contribution in [2.24, 2.45) is 0 Å². The highest BCUT2D eigenvalue weighted by atomic mass is 32.1. The van der Waals surface area contributed by atoms with Crippen molar-refractivity contribution < 1.29 is 0 Å². The summed E-state index contributed by atoms with van der Waals surface area (Å²) < 4.78 is 1.60. The van der Waals surface area contributed by atoms with Crippen LogP contribution in [-0.2, 0) is 0 Å². The Hall–Kier alpha value is -3.25. The Balaban J connectivity index is 1.79. The van der Waals surface area contributed by atoms with E-state index in [-0.39, 0.29) is 5.56 Å². The van der Waals surface area contributed by atoms with Gasteiger partial charge in [0, 0.05) is 35.1 Å². The summed E-state index contributed by atoms with van der Waals surface area (Å²) in [6.45, 7) is 0. The molecule has 0 unspecified atom stereocenters. The second kappa shape index (κ2) is 6.33. The van der Waals surface area contributed by atoms with Gasteiger partial charge in [-0.15, -0.1) is 11.3 Å². The lowest BCUT2D eigenvalue weighted by molar-refractivity contribution is 1.08. The minimum atomic E-state index is -0.129. The lowest BCUT2D eigenvalue weighted by Gasteiger charge is -2.05. The number of fused-ring (bicyclic) bond motifs is 1. The first-order chi connectivity index (χ1) is 12.2. The predicted octanol–water partition coefficient (Wildman–Crippen LogP) is 3.57. The number of para-hydroxylation sites is 1. The summed E-state index contributed by atoms with van der Waals surface area (Å²) in [5.41, 5.74) is 9.71. The number of rotatable bonds is 3. The van der Waals surface area contributed by atoms with E-state index in [1.807, 2.05) is 53.9 Å². The fourth-order valence-electron chi connectivity index (χ4n) is 2.60. The highest BCUT2D eigenvalue weighted by Crippen LogP contribution is 2.28. The Kier molecular flexibility index (Phi) is 3.87. The van der Waals surface area contributed by atoms with Crippen LogP contribution in [0.15, 0.2) is 65.0 Å². The van der Waals surface area contributed by atoms with E-state index in [4.69, 9.17) is 5.73 Å². The summed E-state index contributed by atoms with van der Waals surface area (Å²) in [6.07, 6.45) is 7.17. The smallest absolute Gasteiger partial charge is 0.259 e. The van der Waals surface area contributed by atoms with E-state index in [1.165, 1.54) is 17.4 Å². The fraction of sp³-hybridized carbons (Fsp3) is 0. The van der Waals surface area contributed by atoms with Crippen molar-refractivity contribution in [3.63, 3.8) is 0 Å². The molecule has 4 aromatic rings. The molecule has 0 atom stereocenters. The number of hydrogen-bond donors (Lipinski definition) is 1. The number of benzene rings is 1. The monoisotopic (exact) mass is 346 g/mol. The van der Waals surface area contributed by atoms with E-state index >= 15 is 0 Å². The van der Waals surface area contributed by atoms with E-state index < -0.39 is 0 Å². The summed E-state index contributed by atoms with van der Waals surface area (Å²) >= 11 is 1.42. The van der Waals surface area contributed by atoms with Crippen molar-refractivity contribution in [3.05, 3.63) is 81.8 Å². The molecule has 0 aliphatic carbocycles. The number of thiazole rings is 1. The molecule has 0 amide bonds. The third kappa shape index (κ3) is 2.95. The summed E-state index contributed by atoms with van der Waals surface area (Å²) in [7, 11) is 0. The standard InChI is InChI=1S/C19H14N4OS/c20-16-6-2-1-5-15(16)17-12-25-19-22-14(10-18(24)23(17)19)8-7-13-4-3-9-21-11-13/h1-12H,20H2. The molecule has 0 spiro atoms. The number of aromatic nitrogens is 3. The lowest BCUT2D eigenvalue weighted by atomic mass is 10.1. The maximum atomic E-state index is 12.6. The Morgan fingerprint density at radius 3 is 2.80 bits per heavy atom. The molecule has 3 aromatic heterocycles. The van der Waals surface area contributed by atoms with Crippen LogP contribution in [0.5, 0.6) is 0 Å². The minimum Gasteiger partial charge on any atom is -0.398 e. The van der Waals surface area contributed by atoms with Crippen molar-refractivity contribution in [1.29, 1.82) is 0 Å². The van der Waals surface area contributed by atoms with Gasteiger partial charge >= 0.3 is 0 Å². The second-order valence-electron chi connectivity index (χ2n) is 5.47. The van der Waals surface area contributed by atoms with Crippen LogP contribution in [0.25, 0.3) is 28.4 Å². The van der Waals surface area contributed by atoms with Crippen molar-refractivity contribution in [3.8, 4) is 11.3 Å². The average molecular weight is 346 g/mol. The molecule has 0 radical (unpaired) electrons. The summed E-state index contributed by atoms with van der Waals surface area (Å²) in [4.78, 5) is 21.9. The third-order valence-electron chi connectivity index (χ3n) is 3.79. The number of nitrogens with two attached hydrogens (primary N) is 1. The highest BCUT2D eigenvalue weighted by Gasteiger charge is 2.11. The molecule has 0 saturated carbocycles.